The fourth-order valence-electron chi connectivity index (χ4n) is 3.59. The number of anilines is 1. The van der Waals surface area contributed by atoms with Gasteiger partial charge in [0, 0.05) is 6.07 Å². The van der Waals surface area contributed by atoms with Gasteiger partial charge in [-0.25, -0.2) is 0 Å². The summed E-state index contributed by atoms with van der Waals surface area (Å²) in [5, 5.41) is 28.3. The Hall–Kier alpha value is -4.58. The molecular weight excluding hydrogens is 548 g/mol. The van der Waals surface area contributed by atoms with E-state index in [1.54, 1.807) is 44.2 Å². The number of hydrazone groups is 1. The molecule has 0 saturated carbocycles. The van der Waals surface area contributed by atoms with E-state index in [9.17, 15) is 25.0 Å². The predicted molar refractivity (Wildman–Crippen MR) is 140 cm³/mol. The number of halogens is 1. The molecule has 0 saturated heterocycles. The molecule has 4 rings (SSSR count). The smallest absolute Gasteiger partial charge is 0.318 e. The van der Waals surface area contributed by atoms with Gasteiger partial charge in [-0.15, -0.1) is 0 Å². The minimum atomic E-state index is -0.762. The Morgan fingerprint density at radius 1 is 1.03 bits per heavy atom. The number of non-ortho nitro benzene ring substituents is 1. The van der Waals surface area contributed by atoms with Crippen molar-refractivity contribution in [3.63, 3.8) is 0 Å². The molecule has 0 N–H and O–H groups in total. The SMILES string of the molecule is CCOc1cc(C=C2C(=O)N(c3ccccc3)N=C2C)cc(Br)c1Oc1ccc([N+](=O)[O-])cc1[N+](=O)[O-]. The van der Waals surface area contributed by atoms with E-state index < -0.39 is 21.2 Å². The lowest BCUT2D eigenvalue weighted by Gasteiger charge is -2.15. The van der Waals surface area contributed by atoms with Crippen LogP contribution in [0.25, 0.3) is 6.08 Å². The number of rotatable bonds is 8. The van der Waals surface area contributed by atoms with Crippen LogP contribution in [0.5, 0.6) is 17.2 Å². The van der Waals surface area contributed by atoms with E-state index in [0.717, 1.165) is 18.2 Å². The minimum absolute atomic E-state index is 0.134. The van der Waals surface area contributed by atoms with Crippen molar-refractivity contribution >= 4 is 50.7 Å². The lowest BCUT2D eigenvalue weighted by atomic mass is 10.1. The number of benzene rings is 3. The largest absolute Gasteiger partial charge is 0.490 e. The summed E-state index contributed by atoms with van der Waals surface area (Å²) in [4.78, 5) is 34.1. The number of hydrogen-bond donors (Lipinski definition) is 0. The average Bonchev–Trinajstić information content (AvgIpc) is 3.15. The van der Waals surface area contributed by atoms with Gasteiger partial charge in [0.1, 0.15) is 0 Å². The summed E-state index contributed by atoms with van der Waals surface area (Å²) in [5.41, 5.74) is 1.14. The molecule has 0 aromatic heterocycles. The van der Waals surface area contributed by atoms with E-state index in [0.29, 0.717) is 27.0 Å². The first-order valence-corrected chi connectivity index (χ1v) is 11.7. The van der Waals surface area contributed by atoms with Gasteiger partial charge in [-0.1, -0.05) is 18.2 Å². The summed E-state index contributed by atoms with van der Waals surface area (Å²) in [6.45, 7) is 3.74. The van der Waals surface area contributed by atoms with Crippen LogP contribution < -0.4 is 14.5 Å². The molecule has 37 heavy (non-hydrogen) atoms. The number of nitrogens with zero attached hydrogens (tertiary/aromatic N) is 4. The number of para-hydroxylation sites is 1. The number of carbonyl (C=O) groups is 1. The molecule has 12 heteroatoms. The topological polar surface area (TPSA) is 137 Å². The Morgan fingerprint density at radius 3 is 2.41 bits per heavy atom. The Kier molecular flexibility index (Phi) is 7.30. The highest BCUT2D eigenvalue weighted by molar-refractivity contribution is 9.10. The van der Waals surface area contributed by atoms with Crippen LogP contribution in [-0.4, -0.2) is 28.1 Å². The first-order valence-electron chi connectivity index (χ1n) is 10.9. The summed E-state index contributed by atoms with van der Waals surface area (Å²) in [7, 11) is 0. The third kappa shape index (κ3) is 5.33. The molecule has 3 aromatic rings. The van der Waals surface area contributed by atoms with Crippen LogP contribution >= 0.6 is 15.9 Å². The van der Waals surface area contributed by atoms with Gasteiger partial charge in [0.25, 0.3) is 11.6 Å². The number of ether oxygens (including phenoxy) is 2. The van der Waals surface area contributed by atoms with Gasteiger partial charge in [0.15, 0.2) is 11.5 Å². The molecule has 0 aliphatic carbocycles. The number of nitro benzene ring substituents is 2. The summed E-state index contributed by atoms with van der Waals surface area (Å²) >= 11 is 3.42. The van der Waals surface area contributed by atoms with Gasteiger partial charge >= 0.3 is 5.69 Å². The third-order valence-electron chi connectivity index (χ3n) is 5.27. The third-order valence-corrected chi connectivity index (χ3v) is 5.86. The zero-order valence-electron chi connectivity index (χ0n) is 19.6. The van der Waals surface area contributed by atoms with Crippen LogP contribution in [0.4, 0.5) is 17.1 Å². The molecule has 0 spiro atoms. The minimum Gasteiger partial charge on any atom is -0.490 e. The highest BCUT2D eigenvalue weighted by Gasteiger charge is 2.29. The fraction of sp³-hybridized carbons (Fsp3) is 0.120. The molecule has 0 fully saturated rings. The van der Waals surface area contributed by atoms with Crippen LogP contribution in [0.1, 0.15) is 19.4 Å². The maximum Gasteiger partial charge on any atom is 0.318 e. The van der Waals surface area contributed by atoms with Crippen LogP contribution in [0.3, 0.4) is 0 Å². The highest BCUT2D eigenvalue weighted by atomic mass is 79.9. The van der Waals surface area contributed by atoms with E-state index in [1.807, 2.05) is 18.2 Å². The second-order valence-corrected chi connectivity index (χ2v) is 8.58. The van der Waals surface area contributed by atoms with Crippen molar-refractivity contribution in [2.75, 3.05) is 11.6 Å². The quantitative estimate of drug-likeness (QED) is 0.178. The maximum absolute atomic E-state index is 13.1. The number of nitro groups is 2. The van der Waals surface area contributed by atoms with Crippen molar-refractivity contribution in [1.29, 1.82) is 0 Å². The lowest BCUT2D eigenvalue weighted by molar-refractivity contribution is -0.394. The van der Waals surface area contributed by atoms with Crippen molar-refractivity contribution < 1.29 is 24.1 Å². The summed E-state index contributed by atoms with van der Waals surface area (Å²) < 4.78 is 11.9. The van der Waals surface area contributed by atoms with E-state index in [2.05, 4.69) is 21.0 Å². The molecular formula is C25H19BrN4O7. The Bertz CT molecular complexity index is 1470. The zero-order chi connectivity index (χ0) is 26.7. The van der Waals surface area contributed by atoms with Gasteiger partial charge in [0.05, 0.1) is 44.0 Å². The van der Waals surface area contributed by atoms with Gasteiger partial charge in [-0.3, -0.25) is 25.0 Å². The molecule has 188 valence electrons. The molecule has 3 aromatic carbocycles. The second kappa shape index (κ2) is 10.6. The molecule has 0 radical (unpaired) electrons. The zero-order valence-corrected chi connectivity index (χ0v) is 21.2. The van der Waals surface area contributed by atoms with Crippen molar-refractivity contribution in [1.82, 2.24) is 0 Å². The van der Waals surface area contributed by atoms with E-state index in [1.165, 1.54) is 5.01 Å². The van der Waals surface area contributed by atoms with Gasteiger partial charge in [0.2, 0.25) is 5.75 Å². The standard InChI is InChI=1S/C25H19BrN4O7/c1-3-36-23-13-16(11-19-15(2)27-28(25(19)31)17-7-5-4-6-8-17)12-20(26)24(23)37-22-10-9-18(29(32)33)14-21(22)30(34)35/h4-14H,3H2,1-2H3. The number of amides is 1. The van der Waals surface area contributed by atoms with Crippen LogP contribution in [-0.2, 0) is 4.79 Å². The van der Waals surface area contributed by atoms with E-state index in [-0.39, 0.29) is 29.8 Å². The summed E-state index contributed by atoms with van der Waals surface area (Å²) in [5.74, 6) is -0.109. The summed E-state index contributed by atoms with van der Waals surface area (Å²) in [6.07, 6.45) is 1.66. The first kappa shape index (κ1) is 25.5. The van der Waals surface area contributed by atoms with E-state index >= 15 is 0 Å². The van der Waals surface area contributed by atoms with Crippen LogP contribution in [0, 0.1) is 20.2 Å². The normalized spacial score (nSPS) is 14.0. The van der Waals surface area contributed by atoms with Crippen molar-refractivity contribution in [3.8, 4) is 17.2 Å². The fourth-order valence-corrected chi connectivity index (χ4v) is 4.13. The Morgan fingerprint density at radius 2 is 1.76 bits per heavy atom. The Labute approximate surface area is 219 Å². The summed E-state index contributed by atoms with van der Waals surface area (Å²) in [6, 6.07) is 15.4. The molecule has 11 nitrogen and oxygen atoms in total. The molecule has 1 amide bonds. The van der Waals surface area contributed by atoms with Crippen molar-refractivity contribution in [3.05, 3.63) is 96.5 Å². The molecule has 0 unspecified atom stereocenters. The average molecular weight is 567 g/mol. The lowest BCUT2D eigenvalue weighted by Crippen LogP contribution is -2.21. The molecule has 1 aliphatic rings. The predicted octanol–water partition coefficient (Wildman–Crippen LogP) is 6.26. The van der Waals surface area contributed by atoms with Crippen molar-refractivity contribution in [2.45, 2.75) is 13.8 Å². The molecule has 1 aliphatic heterocycles. The second-order valence-electron chi connectivity index (χ2n) is 7.73. The monoisotopic (exact) mass is 566 g/mol. The van der Waals surface area contributed by atoms with Crippen LogP contribution in [0.2, 0.25) is 0 Å². The van der Waals surface area contributed by atoms with Crippen LogP contribution in [0.15, 0.2) is 75.8 Å². The van der Waals surface area contributed by atoms with Gasteiger partial charge in [-0.05, 0) is 71.7 Å². The molecule has 1 heterocycles. The molecule has 0 atom stereocenters. The maximum atomic E-state index is 13.1. The number of hydrogen-bond acceptors (Lipinski definition) is 8. The van der Waals surface area contributed by atoms with Gasteiger partial charge < -0.3 is 9.47 Å². The highest BCUT2D eigenvalue weighted by Crippen LogP contribution is 2.43. The Balaban J connectivity index is 1.71. The first-order chi connectivity index (χ1) is 17.7. The van der Waals surface area contributed by atoms with Gasteiger partial charge in [-0.2, -0.15) is 10.1 Å². The molecule has 0 bridgehead atoms. The number of carbonyl (C=O) groups excluding carboxylic acids is 1. The van der Waals surface area contributed by atoms with E-state index in [4.69, 9.17) is 9.47 Å². The van der Waals surface area contributed by atoms with Crippen molar-refractivity contribution in [2.24, 2.45) is 5.10 Å².